The summed E-state index contributed by atoms with van der Waals surface area (Å²) in [4.78, 5) is 28.2. The number of hydrogen-bond donors (Lipinski definition) is 1. The summed E-state index contributed by atoms with van der Waals surface area (Å²) in [5, 5.41) is 11.3. The van der Waals surface area contributed by atoms with Crippen LogP contribution >= 0.6 is 11.6 Å². The number of piperidine rings is 2. The zero-order valence-electron chi connectivity index (χ0n) is 15.5. The number of benzene rings is 1. The molecule has 0 spiro atoms. The van der Waals surface area contributed by atoms with Crippen LogP contribution in [0.3, 0.4) is 0 Å². The first-order valence-electron chi connectivity index (χ1n) is 9.63. The van der Waals surface area contributed by atoms with Gasteiger partial charge >= 0.3 is 0 Å². The molecule has 2 aliphatic heterocycles. The summed E-state index contributed by atoms with van der Waals surface area (Å²) in [6.07, 6.45) is 3.83. The molecule has 6 heteroatoms. The van der Waals surface area contributed by atoms with Crippen molar-refractivity contribution in [3.63, 3.8) is 0 Å². The summed E-state index contributed by atoms with van der Waals surface area (Å²) in [6.45, 7) is 6.11. The third-order valence-electron chi connectivity index (χ3n) is 5.84. The Morgan fingerprint density at radius 1 is 1.04 bits per heavy atom. The van der Waals surface area contributed by atoms with Gasteiger partial charge in [0.25, 0.3) is 0 Å². The minimum absolute atomic E-state index is 0.00314. The fourth-order valence-electron chi connectivity index (χ4n) is 4.10. The molecule has 0 bridgehead atoms. The predicted octanol–water partition coefficient (Wildman–Crippen LogP) is 3.04. The lowest BCUT2D eigenvalue weighted by molar-refractivity contribution is -0.141. The van der Waals surface area contributed by atoms with Crippen LogP contribution < -0.4 is 0 Å². The number of nitrogens with zero attached hydrogens (tertiary/aromatic N) is 2. The van der Waals surface area contributed by atoms with Gasteiger partial charge in [-0.15, -0.1) is 0 Å². The van der Waals surface area contributed by atoms with Crippen molar-refractivity contribution in [1.82, 2.24) is 9.80 Å². The van der Waals surface area contributed by atoms with Crippen molar-refractivity contribution < 1.29 is 14.7 Å². The highest BCUT2D eigenvalue weighted by Gasteiger charge is 2.33. The van der Waals surface area contributed by atoms with Crippen LogP contribution in [0, 0.1) is 11.8 Å². The number of rotatable bonds is 4. The van der Waals surface area contributed by atoms with Gasteiger partial charge in [-0.2, -0.15) is 0 Å². The molecular weight excluding hydrogens is 364 g/mol. The molecule has 1 aromatic rings. The number of carbonyl (C=O) groups excluding carboxylic acids is 2. The fraction of sp³-hybridized carbons (Fsp3) is 0.524. The van der Waals surface area contributed by atoms with Crippen LogP contribution in [0.2, 0.25) is 5.02 Å². The third kappa shape index (κ3) is 4.71. The van der Waals surface area contributed by atoms with Gasteiger partial charge < -0.3 is 14.9 Å². The molecule has 2 aliphatic rings. The summed E-state index contributed by atoms with van der Waals surface area (Å²) in [6, 6.07) is 7.32. The summed E-state index contributed by atoms with van der Waals surface area (Å²) in [7, 11) is 0. The number of carbonyl (C=O) groups is 2. The van der Waals surface area contributed by atoms with E-state index in [0.717, 1.165) is 18.4 Å². The molecule has 1 aromatic carbocycles. The molecule has 2 fully saturated rings. The number of likely N-dealkylation sites (tertiary alicyclic amines) is 2. The molecule has 1 atom stereocenters. The standard InChI is InChI=1S/C21H27ClN2O3/c1-2-19(25)23-11-9-17(10-12-23)21(27)24-13-7-16(8-14-24)20(26)15-3-5-18(22)6-4-15/h2-6,16-17,20,26H,1,7-14H2. The Kier molecular flexibility index (Phi) is 6.55. The SMILES string of the molecule is C=CC(=O)N1CCC(C(=O)N2CCC(C(O)c3ccc(Cl)cc3)CC2)CC1. The maximum absolute atomic E-state index is 12.8. The Morgan fingerprint density at radius 3 is 2.15 bits per heavy atom. The van der Waals surface area contributed by atoms with Crippen LogP contribution in [0.15, 0.2) is 36.9 Å². The number of amides is 2. The van der Waals surface area contributed by atoms with Gasteiger partial charge in [-0.05, 0) is 55.4 Å². The molecule has 3 rings (SSSR count). The quantitative estimate of drug-likeness (QED) is 0.804. The second-order valence-corrected chi connectivity index (χ2v) is 7.90. The van der Waals surface area contributed by atoms with Gasteiger partial charge in [-0.25, -0.2) is 0 Å². The summed E-state index contributed by atoms with van der Waals surface area (Å²) in [5.41, 5.74) is 0.878. The Labute approximate surface area is 165 Å². The van der Waals surface area contributed by atoms with Crippen molar-refractivity contribution in [1.29, 1.82) is 0 Å². The van der Waals surface area contributed by atoms with Gasteiger partial charge in [0.2, 0.25) is 11.8 Å². The average Bonchev–Trinajstić information content (AvgIpc) is 2.73. The van der Waals surface area contributed by atoms with Crippen LogP contribution in [0.25, 0.3) is 0 Å². The average molecular weight is 391 g/mol. The summed E-state index contributed by atoms with van der Waals surface area (Å²) in [5.74, 6) is 0.289. The van der Waals surface area contributed by atoms with Crippen LogP contribution in [0.4, 0.5) is 0 Å². The number of halogens is 1. The molecule has 2 amide bonds. The lowest BCUT2D eigenvalue weighted by Crippen LogP contribution is -2.46. The number of aliphatic hydroxyl groups excluding tert-OH is 1. The lowest BCUT2D eigenvalue weighted by Gasteiger charge is -2.38. The minimum atomic E-state index is -0.521. The van der Waals surface area contributed by atoms with E-state index in [1.807, 2.05) is 17.0 Å². The predicted molar refractivity (Wildman–Crippen MR) is 105 cm³/mol. The zero-order valence-corrected chi connectivity index (χ0v) is 16.3. The van der Waals surface area contributed by atoms with Crippen LogP contribution in [-0.2, 0) is 9.59 Å². The van der Waals surface area contributed by atoms with E-state index in [0.29, 0.717) is 44.0 Å². The molecule has 1 N–H and O–H groups in total. The normalized spacial score (nSPS) is 20.4. The summed E-state index contributed by atoms with van der Waals surface area (Å²) >= 11 is 5.91. The maximum Gasteiger partial charge on any atom is 0.245 e. The van der Waals surface area contributed by atoms with E-state index in [2.05, 4.69) is 6.58 Å². The van der Waals surface area contributed by atoms with Crippen LogP contribution in [0.5, 0.6) is 0 Å². The van der Waals surface area contributed by atoms with E-state index in [-0.39, 0.29) is 23.7 Å². The number of aliphatic hydroxyl groups is 1. The van der Waals surface area contributed by atoms with Crippen molar-refractivity contribution in [2.75, 3.05) is 26.2 Å². The largest absolute Gasteiger partial charge is 0.388 e. The van der Waals surface area contributed by atoms with Crippen molar-refractivity contribution in [3.05, 3.63) is 47.5 Å². The molecule has 0 aliphatic carbocycles. The second-order valence-electron chi connectivity index (χ2n) is 7.46. The Balaban J connectivity index is 1.49. The molecule has 1 unspecified atom stereocenters. The van der Waals surface area contributed by atoms with Gasteiger partial charge in [-0.3, -0.25) is 9.59 Å². The zero-order chi connectivity index (χ0) is 19.4. The number of hydrogen-bond acceptors (Lipinski definition) is 3. The van der Waals surface area contributed by atoms with Gasteiger partial charge in [0, 0.05) is 37.1 Å². The fourth-order valence-corrected chi connectivity index (χ4v) is 4.23. The first-order valence-corrected chi connectivity index (χ1v) is 10.0. The highest BCUT2D eigenvalue weighted by atomic mass is 35.5. The Morgan fingerprint density at radius 2 is 1.59 bits per heavy atom. The highest BCUT2D eigenvalue weighted by molar-refractivity contribution is 6.30. The van der Waals surface area contributed by atoms with E-state index in [1.54, 1.807) is 17.0 Å². The summed E-state index contributed by atoms with van der Waals surface area (Å²) < 4.78 is 0. The Bertz CT molecular complexity index is 675. The van der Waals surface area contributed by atoms with Gasteiger partial charge in [-0.1, -0.05) is 30.3 Å². The van der Waals surface area contributed by atoms with Crippen molar-refractivity contribution in [2.24, 2.45) is 11.8 Å². The first-order chi connectivity index (χ1) is 13.0. The maximum atomic E-state index is 12.8. The smallest absolute Gasteiger partial charge is 0.245 e. The molecule has 146 valence electrons. The third-order valence-corrected chi connectivity index (χ3v) is 6.09. The van der Waals surface area contributed by atoms with Gasteiger partial charge in [0.15, 0.2) is 0 Å². The monoisotopic (exact) mass is 390 g/mol. The van der Waals surface area contributed by atoms with Crippen molar-refractivity contribution in [2.45, 2.75) is 31.8 Å². The van der Waals surface area contributed by atoms with E-state index < -0.39 is 6.10 Å². The molecule has 27 heavy (non-hydrogen) atoms. The van der Waals surface area contributed by atoms with E-state index in [1.165, 1.54) is 6.08 Å². The van der Waals surface area contributed by atoms with E-state index >= 15 is 0 Å². The molecule has 2 saturated heterocycles. The lowest BCUT2D eigenvalue weighted by atomic mass is 9.86. The van der Waals surface area contributed by atoms with Crippen molar-refractivity contribution in [3.8, 4) is 0 Å². The molecule has 5 nitrogen and oxygen atoms in total. The van der Waals surface area contributed by atoms with Crippen LogP contribution in [-0.4, -0.2) is 52.9 Å². The van der Waals surface area contributed by atoms with Gasteiger partial charge in [0.1, 0.15) is 0 Å². The van der Waals surface area contributed by atoms with Crippen molar-refractivity contribution >= 4 is 23.4 Å². The van der Waals surface area contributed by atoms with Crippen LogP contribution in [0.1, 0.15) is 37.4 Å². The van der Waals surface area contributed by atoms with E-state index in [9.17, 15) is 14.7 Å². The molecule has 0 saturated carbocycles. The Hall–Kier alpha value is -1.85. The molecule has 0 radical (unpaired) electrons. The first kappa shape index (κ1) is 19.9. The molecule has 0 aromatic heterocycles. The van der Waals surface area contributed by atoms with Gasteiger partial charge in [0.05, 0.1) is 6.10 Å². The minimum Gasteiger partial charge on any atom is -0.388 e. The van der Waals surface area contributed by atoms with E-state index in [4.69, 9.17) is 11.6 Å². The second kappa shape index (κ2) is 8.89. The topological polar surface area (TPSA) is 60.9 Å². The molecular formula is C21H27ClN2O3. The molecule has 2 heterocycles. The highest BCUT2D eigenvalue weighted by Crippen LogP contribution is 2.32.